The Hall–Kier alpha value is -0.803. The number of para-hydroxylation sites is 1. The second-order valence-electron chi connectivity index (χ2n) is 6.19. The molecule has 0 aliphatic carbocycles. The lowest BCUT2D eigenvalue weighted by Crippen LogP contribution is -2.54. The lowest BCUT2D eigenvalue weighted by molar-refractivity contribution is 0.119. The Kier molecular flexibility index (Phi) is 3.08. The van der Waals surface area contributed by atoms with E-state index in [0.29, 0.717) is 0 Å². The SMILES string of the molecule is CC(C)(C)O[Si](C)(C)N1CCc2ccccc21. The van der Waals surface area contributed by atoms with Crippen molar-refractivity contribution in [2.75, 3.05) is 11.1 Å². The fourth-order valence-electron chi connectivity index (χ4n) is 2.70. The Labute approximate surface area is 106 Å². The van der Waals surface area contributed by atoms with Gasteiger partial charge in [-0.05, 0) is 51.9 Å². The van der Waals surface area contributed by atoms with E-state index in [1.54, 1.807) is 0 Å². The highest BCUT2D eigenvalue weighted by Gasteiger charge is 2.38. The minimum Gasteiger partial charge on any atom is -0.394 e. The quantitative estimate of drug-likeness (QED) is 0.743. The Morgan fingerprint density at radius 2 is 1.82 bits per heavy atom. The summed E-state index contributed by atoms with van der Waals surface area (Å²) in [7, 11) is -1.82. The number of benzene rings is 1. The molecule has 1 heterocycles. The molecule has 1 aliphatic rings. The molecule has 0 radical (unpaired) electrons. The summed E-state index contributed by atoms with van der Waals surface area (Å²) >= 11 is 0. The van der Waals surface area contributed by atoms with E-state index >= 15 is 0 Å². The van der Waals surface area contributed by atoms with Gasteiger partial charge in [0, 0.05) is 17.8 Å². The zero-order valence-electron chi connectivity index (χ0n) is 11.6. The summed E-state index contributed by atoms with van der Waals surface area (Å²) in [6.45, 7) is 12.1. The third-order valence-electron chi connectivity index (χ3n) is 3.09. The number of hydrogen-bond acceptors (Lipinski definition) is 2. The fraction of sp³-hybridized carbons (Fsp3) is 0.571. The first-order valence-electron chi connectivity index (χ1n) is 6.35. The summed E-state index contributed by atoms with van der Waals surface area (Å²) in [5.41, 5.74) is 2.78. The maximum Gasteiger partial charge on any atom is 0.294 e. The van der Waals surface area contributed by atoms with Gasteiger partial charge in [-0.3, -0.25) is 0 Å². The van der Waals surface area contributed by atoms with E-state index in [1.807, 2.05) is 0 Å². The molecule has 0 N–H and O–H groups in total. The summed E-state index contributed by atoms with van der Waals surface area (Å²) in [5, 5.41) is 0. The fourth-order valence-corrected chi connectivity index (χ4v) is 5.76. The minimum absolute atomic E-state index is 0.0622. The van der Waals surface area contributed by atoms with E-state index in [1.165, 1.54) is 11.3 Å². The Bertz CT molecular complexity index is 409. The molecule has 17 heavy (non-hydrogen) atoms. The van der Waals surface area contributed by atoms with Crippen LogP contribution in [0.5, 0.6) is 0 Å². The van der Waals surface area contributed by atoms with Crippen molar-refractivity contribution in [1.82, 2.24) is 0 Å². The van der Waals surface area contributed by atoms with Crippen molar-refractivity contribution in [2.24, 2.45) is 0 Å². The molecule has 1 aromatic carbocycles. The predicted molar refractivity (Wildman–Crippen MR) is 75.8 cm³/mol. The van der Waals surface area contributed by atoms with E-state index in [-0.39, 0.29) is 5.60 Å². The van der Waals surface area contributed by atoms with Crippen LogP contribution < -0.4 is 4.57 Å². The summed E-state index contributed by atoms with van der Waals surface area (Å²) < 4.78 is 8.84. The average Bonchev–Trinajstić information content (AvgIpc) is 2.57. The lowest BCUT2D eigenvalue weighted by Gasteiger charge is -2.40. The zero-order valence-corrected chi connectivity index (χ0v) is 12.6. The summed E-state index contributed by atoms with van der Waals surface area (Å²) in [4.78, 5) is 0. The van der Waals surface area contributed by atoms with Gasteiger partial charge in [0.05, 0.1) is 0 Å². The van der Waals surface area contributed by atoms with Crippen LogP contribution in [0, 0.1) is 0 Å². The molecule has 1 aromatic rings. The summed E-state index contributed by atoms with van der Waals surface area (Å²) in [5.74, 6) is 0. The van der Waals surface area contributed by atoms with Crippen LogP contribution in [0.1, 0.15) is 26.3 Å². The van der Waals surface area contributed by atoms with Crippen molar-refractivity contribution in [3.63, 3.8) is 0 Å². The number of hydrogen-bond donors (Lipinski definition) is 0. The van der Waals surface area contributed by atoms with Gasteiger partial charge in [-0.2, -0.15) is 0 Å². The highest BCUT2D eigenvalue weighted by Crippen LogP contribution is 2.33. The third kappa shape index (κ3) is 2.72. The second kappa shape index (κ2) is 4.14. The monoisotopic (exact) mass is 249 g/mol. The van der Waals surface area contributed by atoms with Gasteiger partial charge in [0.2, 0.25) is 0 Å². The summed E-state index contributed by atoms with van der Waals surface area (Å²) in [6, 6.07) is 8.71. The molecular formula is C14H23NOSi. The van der Waals surface area contributed by atoms with Gasteiger partial charge in [-0.15, -0.1) is 0 Å². The van der Waals surface area contributed by atoms with Gasteiger partial charge in [0.15, 0.2) is 0 Å². The molecule has 0 atom stereocenters. The topological polar surface area (TPSA) is 12.5 Å². The van der Waals surface area contributed by atoms with Crippen LogP contribution in [0.4, 0.5) is 5.69 Å². The predicted octanol–water partition coefficient (Wildman–Crippen LogP) is 3.57. The van der Waals surface area contributed by atoms with Crippen molar-refractivity contribution in [3.8, 4) is 0 Å². The largest absolute Gasteiger partial charge is 0.394 e. The van der Waals surface area contributed by atoms with Gasteiger partial charge in [0.1, 0.15) is 0 Å². The van der Waals surface area contributed by atoms with Gasteiger partial charge in [-0.25, -0.2) is 0 Å². The molecule has 94 valence electrons. The molecular weight excluding hydrogens is 226 g/mol. The molecule has 0 spiro atoms. The highest BCUT2D eigenvalue weighted by atomic mass is 28.4. The number of nitrogens with zero attached hydrogens (tertiary/aromatic N) is 1. The van der Waals surface area contributed by atoms with E-state index in [9.17, 15) is 0 Å². The van der Waals surface area contributed by atoms with Crippen LogP contribution in [0.3, 0.4) is 0 Å². The molecule has 0 saturated carbocycles. The van der Waals surface area contributed by atoms with Crippen molar-refractivity contribution < 1.29 is 4.43 Å². The molecule has 3 heteroatoms. The standard InChI is InChI=1S/C14H23NOSi/c1-14(2,3)16-17(4,5)15-11-10-12-8-6-7-9-13(12)15/h6-9H,10-11H2,1-5H3. The first kappa shape index (κ1) is 12.6. The molecule has 1 aliphatic heterocycles. The average molecular weight is 249 g/mol. The van der Waals surface area contributed by atoms with E-state index < -0.39 is 8.48 Å². The van der Waals surface area contributed by atoms with Gasteiger partial charge >= 0.3 is 0 Å². The second-order valence-corrected chi connectivity index (χ2v) is 9.83. The third-order valence-corrected chi connectivity index (χ3v) is 5.97. The minimum atomic E-state index is -1.82. The molecule has 0 bridgehead atoms. The van der Waals surface area contributed by atoms with Gasteiger partial charge in [0.25, 0.3) is 8.48 Å². The van der Waals surface area contributed by atoms with Crippen LogP contribution in [0.25, 0.3) is 0 Å². The molecule has 0 aromatic heterocycles. The van der Waals surface area contributed by atoms with Crippen LogP contribution in [-0.2, 0) is 10.8 Å². The molecule has 2 rings (SSSR count). The Morgan fingerprint density at radius 3 is 2.47 bits per heavy atom. The van der Waals surface area contributed by atoms with Crippen LogP contribution in [0.15, 0.2) is 24.3 Å². The Balaban J connectivity index is 2.25. The van der Waals surface area contributed by atoms with Crippen LogP contribution in [-0.4, -0.2) is 20.6 Å². The van der Waals surface area contributed by atoms with Crippen molar-refractivity contribution >= 4 is 14.2 Å². The van der Waals surface area contributed by atoms with Gasteiger partial charge < -0.3 is 8.99 Å². The van der Waals surface area contributed by atoms with Gasteiger partial charge in [-0.1, -0.05) is 18.2 Å². The van der Waals surface area contributed by atoms with Crippen LogP contribution >= 0.6 is 0 Å². The highest BCUT2D eigenvalue weighted by molar-refractivity contribution is 6.75. The van der Waals surface area contributed by atoms with E-state index in [4.69, 9.17) is 4.43 Å². The van der Waals surface area contributed by atoms with E-state index in [0.717, 1.165) is 13.0 Å². The normalized spacial score (nSPS) is 16.2. The first-order chi connectivity index (χ1) is 7.80. The smallest absolute Gasteiger partial charge is 0.294 e. The number of fused-ring (bicyclic) bond motifs is 1. The lowest BCUT2D eigenvalue weighted by atomic mass is 10.2. The zero-order chi connectivity index (χ0) is 12.7. The molecule has 0 saturated heterocycles. The molecule has 0 unspecified atom stereocenters. The molecule has 2 nitrogen and oxygen atoms in total. The van der Waals surface area contributed by atoms with Crippen molar-refractivity contribution in [3.05, 3.63) is 29.8 Å². The maximum atomic E-state index is 6.33. The molecule has 0 fully saturated rings. The van der Waals surface area contributed by atoms with E-state index in [2.05, 4.69) is 62.7 Å². The Morgan fingerprint density at radius 1 is 1.18 bits per heavy atom. The molecule has 0 amide bonds. The number of rotatable bonds is 2. The summed E-state index contributed by atoms with van der Waals surface area (Å²) in [6.07, 6.45) is 1.15. The van der Waals surface area contributed by atoms with Crippen molar-refractivity contribution in [2.45, 2.75) is 45.9 Å². The first-order valence-corrected chi connectivity index (χ1v) is 9.21. The van der Waals surface area contributed by atoms with Crippen molar-refractivity contribution in [1.29, 1.82) is 0 Å². The van der Waals surface area contributed by atoms with Crippen LogP contribution in [0.2, 0.25) is 13.1 Å². The number of anilines is 1. The maximum absolute atomic E-state index is 6.33.